The monoisotopic (exact) mass is 196 g/mol. The first kappa shape index (κ1) is 15.3. The fourth-order valence-electron chi connectivity index (χ4n) is 0.562. The van der Waals surface area contributed by atoms with Crippen LogP contribution in [0.1, 0.15) is 20.8 Å². The molecule has 0 fully saturated rings. The van der Waals surface area contributed by atoms with E-state index in [1.54, 1.807) is 13.8 Å². The molecule has 0 atom stereocenters. The summed E-state index contributed by atoms with van der Waals surface area (Å²) < 4.78 is 9.19. The molecule has 70 valence electrons. The minimum Gasteiger partial charge on any atom is -0.613 e. The van der Waals surface area contributed by atoms with E-state index >= 15 is 0 Å². The Bertz CT molecular complexity index is 189. The van der Waals surface area contributed by atoms with Crippen LogP contribution >= 0.6 is 0 Å². The van der Waals surface area contributed by atoms with Gasteiger partial charge in [0.05, 0.1) is 18.1 Å². The van der Waals surface area contributed by atoms with Crippen molar-refractivity contribution in [3.05, 3.63) is 11.5 Å². The van der Waals surface area contributed by atoms with Gasteiger partial charge in [0.15, 0.2) is 0 Å². The average molecular weight is 196 g/mol. The van der Waals surface area contributed by atoms with Crippen LogP contribution in [0, 0.1) is 0 Å². The fourth-order valence-corrected chi connectivity index (χ4v) is 0.562. The molecule has 13 heavy (non-hydrogen) atoms. The zero-order valence-corrected chi connectivity index (χ0v) is 10.5. The van der Waals surface area contributed by atoms with E-state index in [1.165, 1.54) is 6.92 Å². The summed E-state index contributed by atoms with van der Waals surface area (Å²) in [5.74, 6) is -1.23. The smallest absolute Gasteiger partial charge is 0.613 e. The third-order valence-corrected chi connectivity index (χ3v) is 1.16. The van der Waals surface area contributed by atoms with Gasteiger partial charge >= 0.3 is 35.5 Å². The molecule has 0 unspecified atom stereocenters. The summed E-state index contributed by atoms with van der Waals surface area (Å²) in [4.78, 5) is 10.9. The van der Waals surface area contributed by atoms with Crippen molar-refractivity contribution < 1.29 is 48.9 Å². The molecule has 0 spiro atoms. The summed E-state index contributed by atoms with van der Waals surface area (Å²) in [6.07, 6.45) is 0. The minimum atomic E-state index is -0.615. The van der Waals surface area contributed by atoms with Crippen molar-refractivity contribution >= 4 is 5.97 Å². The third kappa shape index (κ3) is 5.96. The molecule has 0 aromatic heterocycles. The van der Waals surface area contributed by atoms with Gasteiger partial charge in [-0.15, -0.1) is 0 Å². The third-order valence-electron chi connectivity index (χ3n) is 1.16. The van der Waals surface area contributed by atoms with Gasteiger partial charge in [-0.05, 0) is 20.5 Å². The van der Waals surface area contributed by atoms with Crippen LogP contribution in [0.25, 0.3) is 0 Å². The summed E-state index contributed by atoms with van der Waals surface area (Å²) >= 11 is 0. The van der Waals surface area contributed by atoms with Gasteiger partial charge in [-0.2, -0.15) is 0 Å². The van der Waals surface area contributed by atoms with E-state index in [9.17, 15) is 9.90 Å². The number of esters is 1. The van der Waals surface area contributed by atoms with Gasteiger partial charge in [0, 0.05) is 0 Å². The van der Waals surface area contributed by atoms with Crippen LogP contribution in [-0.4, -0.2) is 19.2 Å². The quantitative estimate of drug-likeness (QED) is 0.211. The maximum Gasteiger partial charge on any atom is 1.00 e. The average Bonchev–Trinajstić information content (AvgIpc) is 2.04. The van der Waals surface area contributed by atoms with Gasteiger partial charge in [-0.1, -0.05) is 6.92 Å². The van der Waals surface area contributed by atoms with Gasteiger partial charge in [0.25, 0.3) is 0 Å². The van der Waals surface area contributed by atoms with Gasteiger partial charge in [-0.25, -0.2) is 4.79 Å². The van der Waals surface area contributed by atoms with Gasteiger partial charge in [-0.3, -0.25) is 0 Å². The molecule has 0 saturated carbocycles. The molecule has 0 aromatic rings. The van der Waals surface area contributed by atoms with E-state index in [1.807, 2.05) is 0 Å². The molecule has 0 heterocycles. The Morgan fingerprint density at radius 2 is 1.69 bits per heavy atom. The van der Waals surface area contributed by atoms with Crippen LogP contribution in [0.3, 0.4) is 0 Å². The van der Waals surface area contributed by atoms with Crippen molar-refractivity contribution in [2.45, 2.75) is 20.8 Å². The zero-order valence-electron chi connectivity index (χ0n) is 8.55. The second-order valence-electron chi connectivity index (χ2n) is 2.07. The Labute approximate surface area is 100 Å². The fraction of sp³-hybridized carbons (Fsp3) is 0.625. The molecule has 0 bridgehead atoms. The molecule has 5 heteroatoms. The molecule has 0 radical (unpaired) electrons. The van der Waals surface area contributed by atoms with E-state index in [4.69, 9.17) is 0 Å². The molecule has 0 aliphatic carbocycles. The molecule has 0 aliphatic heterocycles. The van der Waals surface area contributed by atoms with Crippen molar-refractivity contribution in [2.24, 2.45) is 0 Å². The molecule has 4 nitrogen and oxygen atoms in total. The molecular weight excluding hydrogens is 183 g/mol. The van der Waals surface area contributed by atoms with E-state index < -0.39 is 11.9 Å². The van der Waals surface area contributed by atoms with Crippen LogP contribution in [-0.2, 0) is 14.3 Å². The molecule has 0 rings (SSSR count). The molecule has 0 aromatic carbocycles. The van der Waals surface area contributed by atoms with Crippen LogP contribution in [0.2, 0.25) is 0 Å². The standard InChI is InChI=1S/C8H14O4.Na/c1-4-11-7(9)6(3)8(10)12-5-2;/h9H,4-5H2,1-3H3;/q;+1/p-1. The normalized spacial score (nSPS) is 11.0. The summed E-state index contributed by atoms with van der Waals surface area (Å²) in [7, 11) is 0. The predicted molar refractivity (Wildman–Crippen MR) is 41.0 cm³/mol. The number of carbonyl (C=O) groups is 1. The first-order chi connectivity index (χ1) is 5.63. The molecule has 0 saturated heterocycles. The van der Waals surface area contributed by atoms with E-state index in [2.05, 4.69) is 9.47 Å². The second kappa shape index (κ2) is 8.41. The Morgan fingerprint density at radius 1 is 1.23 bits per heavy atom. The van der Waals surface area contributed by atoms with E-state index in [0.29, 0.717) is 0 Å². The summed E-state index contributed by atoms with van der Waals surface area (Å²) in [6.45, 7) is 5.26. The number of hydrogen-bond donors (Lipinski definition) is 0. The van der Waals surface area contributed by atoms with Gasteiger partial charge in [0.1, 0.15) is 0 Å². The van der Waals surface area contributed by atoms with Crippen LogP contribution in [0.4, 0.5) is 0 Å². The number of rotatable bonds is 4. The molecule has 0 N–H and O–H groups in total. The minimum absolute atomic E-state index is 0. The summed E-state index contributed by atoms with van der Waals surface area (Å²) in [5, 5.41) is 10.9. The first-order valence-corrected chi connectivity index (χ1v) is 3.81. The van der Waals surface area contributed by atoms with Crippen molar-refractivity contribution in [2.75, 3.05) is 13.2 Å². The maximum atomic E-state index is 10.9. The van der Waals surface area contributed by atoms with Crippen molar-refractivity contribution in [1.82, 2.24) is 0 Å². The SMILES string of the molecule is CCOC(=O)C(C)=C([O-])OCC.[Na+]. The summed E-state index contributed by atoms with van der Waals surface area (Å²) in [6, 6.07) is 0. The first-order valence-electron chi connectivity index (χ1n) is 3.81. The van der Waals surface area contributed by atoms with Gasteiger partial charge in [0.2, 0.25) is 0 Å². The van der Waals surface area contributed by atoms with Crippen LogP contribution < -0.4 is 34.7 Å². The van der Waals surface area contributed by atoms with E-state index in [0.717, 1.165) is 0 Å². The Balaban J connectivity index is 0. The van der Waals surface area contributed by atoms with Crippen molar-refractivity contribution in [3.8, 4) is 0 Å². The summed E-state index contributed by atoms with van der Waals surface area (Å²) in [5.41, 5.74) is -0.0151. The van der Waals surface area contributed by atoms with Crippen molar-refractivity contribution in [3.63, 3.8) is 0 Å². The Hall–Kier alpha value is -0.190. The molecule has 0 aliphatic rings. The second-order valence-corrected chi connectivity index (χ2v) is 2.07. The molecular formula is C8H13NaO4. The van der Waals surface area contributed by atoms with Crippen molar-refractivity contribution in [1.29, 1.82) is 0 Å². The predicted octanol–water partition coefficient (Wildman–Crippen LogP) is -2.82. The largest absolute Gasteiger partial charge is 1.00 e. The molecule has 0 amide bonds. The van der Waals surface area contributed by atoms with Gasteiger partial charge < -0.3 is 14.6 Å². The zero-order chi connectivity index (χ0) is 9.56. The van der Waals surface area contributed by atoms with E-state index in [-0.39, 0.29) is 48.3 Å². The number of ether oxygens (including phenoxy) is 2. The van der Waals surface area contributed by atoms with Crippen LogP contribution in [0.5, 0.6) is 0 Å². The topological polar surface area (TPSA) is 58.6 Å². The maximum absolute atomic E-state index is 10.9. The number of hydrogen-bond acceptors (Lipinski definition) is 4. The van der Waals surface area contributed by atoms with Crippen LogP contribution in [0.15, 0.2) is 11.5 Å². The number of carbonyl (C=O) groups excluding carboxylic acids is 1. The Kier molecular flexibility index (Phi) is 9.89. The Morgan fingerprint density at radius 3 is 2.08 bits per heavy atom.